The Bertz CT molecular complexity index is 602. The molecular weight excluding hydrogens is 250 g/mol. The van der Waals surface area contributed by atoms with Crippen LogP contribution in [0.25, 0.3) is 0 Å². The van der Waals surface area contributed by atoms with Gasteiger partial charge in [-0.3, -0.25) is 9.89 Å². The number of amides is 1. The van der Waals surface area contributed by atoms with E-state index in [1.54, 1.807) is 0 Å². The zero-order chi connectivity index (χ0) is 14.5. The summed E-state index contributed by atoms with van der Waals surface area (Å²) < 4.78 is 0. The van der Waals surface area contributed by atoms with Crippen LogP contribution in [0.4, 0.5) is 5.82 Å². The zero-order valence-corrected chi connectivity index (χ0v) is 12.3. The maximum atomic E-state index is 12.0. The summed E-state index contributed by atoms with van der Waals surface area (Å²) in [5, 5.41) is 9.87. The quantitative estimate of drug-likeness (QED) is 0.877. The Kier molecular flexibility index (Phi) is 4.56. The summed E-state index contributed by atoms with van der Waals surface area (Å²) in [6.45, 7) is 6.17. The summed E-state index contributed by atoms with van der Waals surface area (Å²) in [5.41, 5.74) is 4.42. The minimum absolute atomic E-state index is 0.0340. The van der Waals surface area contributed by atoms with Crippen molar-refractivity contribution in [3.05, 3.63) is 46.6 Å². The van der Waals surface area contributed by atoms with Gasteiger partial charge in [-0.1, -0.05) is 37.1 Å². The van der Waals surface area contributed by atoms with E-state index in [0.717, 1.165) is 29.7 Å². The van der Waals surface area contributed by atoms with Gasteiger partial charge in [0.15, 0.2) is 5.82 Å². The molecule has 0 saturated carbocycles. The molecule has 1 aromatic heterocycles. The van der Waals surface area contributed by atoms with Crippen LogP contribution in [0, 0.1) is 13.8 Å². The van der Waals surface area contributed by atoms with Crippen LogP contribution in [0.5, 0.6) is 0 Å². The minimum Gasteiger partial charge on any atom is -0.309 e. The summed E-state index contributed by atoms with van der Waals surface area (Å²) in [5.74, 6) is 0.567. The second-order valence-corrected chi connectivity index (χ2v) is 5.18. The molecule has 2 aromatic rings. The van der Waals surface area contributed by atoms with E-state index in [1.807, 2.05) is 26.0 Å². The maximum absolute atomic E-state index is 12.0. The highest BCUT2D eigenvalue weighted by Gasteiger charge is 2.08. The lowest BCUT2D eigenvalue weighted by atomic mass is 10.0. The third-order valence-electron chi connectivity index (χ3n) is 3.27. The van der Waals surface area contributed by atoms with E-state index in [-0.39, 0.29) is 5.91 Å². The van der Waals surface area contributed by atoms with E-state index in [1.165, 1.54) is 5.56 Å². The molecule has 4 nitrogen and oxygen atoms in total. The molecule has 0 unspecified atom stereocenters. The second kappa shape index (κ2) is 6.37. The van der Waals surface area contributed by atoms with Crippen LogP contribution in [-0.2, 0) is 17.6 Å². The molecule has 0 radical (unpaired) electrons. The number of aromatic amines is 1. The average Bonchev–Trinajstić information content (AvgIpc) is 2.81. The number of aryl methyl sites for hydroxylation is 3. The monoisotopic (exact) mass is 271 g/mol. The Morgan fingerprint density at radius 1 is 1.30 bits per heavy atom. The third kappa shape index (κ3) is 3.70. The summed E-state index contributed by atoms with van der Waals surface area (Å²) in [6, 6.07) is 8.06. The van der Waals surface area contributed by atoms with Crippen molar-refractivity contribution in [3.8, 4) is 0 Å². The number of benzene rings is 1. The standard InChI is InChI=1S/C16H21N3O/c1-4-5-14-10-15(19-18-14)17-16(20)9-13-8-11(2)6-7-12(13)3/h6-8,10H,4-5,9H2,1-3H3,(H2,17,18,19,20). The molecule has 1 aromatic carbocycles. The number of hydrogen-bond acceptors (Lipinski definition) is 2. The predicted molar refractivity (Wildman–Crippen MR) is 80.8 cm³/mol. The molecular formula is C16H21N3O. The molecule has 1 heterocycles. The van der Waals surface area contributed by atoms with Crippen LogP contribution in [0.3, 0.4) is 0 Å². The van der Waals surface area contributed by atoms with E-state index in [2.05, 4.69) is 34.6 Å². The first kappa shape index (κ1) is 14.3. The SMILES string of the molecule is CCCc1cc(NC(=O)Cc2cc(C)ccc2C)n[nH]1. The van der Waals surface area contributed by atoms with Gasteiger partial charge in [0, 0.05) is 11.8 Å². The van der Waals surface area contributed by atoms with Crippen molar-refractivity contribution in [1.82, 2.24) is 10.2 Å². The number of H-pyrrole nitrogens is 1. The van der Waals surface area contributed by atoms with Crippen LogP contribution < -0.4 is 5.32 Å². The lowest BCUT2D eigenvalue weighted by Crippen LogP contribution is -2.15. The van der Waals surface area contributed by atoms with Gasteiger partial charge in [0.05, 0.1) is 6.42 Å². The number of rotatable bonds is 5. The van der Waals surface area contributed by atoms with Crippen LogP contribution in [0.1, 0.15) is 35.7 Å². The number of anilines is 1. The Morgan fingerprint density at radius 2 is 2.10 bits per heavy atom. The highest BCUT2D eigenvalue weighted by atomic mass is 16.1. The van der Waals surface area contributed by atoms with Crippen LogP contribution in [0.2, 0.25) is 0 Å². The lowest BCUT2D eigenvalue weighted by Gasteiger charge is -2.06. The topological polar surface area (TPSA) is 57.8 Å². The zero-order valence-electron chi connectivity index (χ0n) is 12.3. The van der Waals surface area contributed by atoms with Crippen molar-refractivity contribution in [2.75, 3.05) is 5.32 Å². The van der Waals surface area contributed by atoms with Gasteiger partial charge in [0.25, 0.3) is 0 Å². The van der Waals surface area contributed by atoms with Gasteiger partial charge in [-0.05, 0) is 31.4 Å². The molecule has 2 rings (SSSR count). The predicted octanol–water partition coefficient (Wildman–Crippen LogP) is 3.16. The first-order valence-electron chi connectivity index (χ1n) is 6.98. The molecule has 0 saturated heterocycles. The molecule has 0 atom stereocenters. The van der Waals surface area contributed by atoms with Crippen molar-refractivity contribution in [1.29, 1.82) is 0 Å². The van der Waals surface area contributed by atoms with Crippen molar-refractivity contribution >= 4 is 11.7 Å². The average molecular weight is 271 g/mol. The van der Waals surface area contributed by atoms with Crippen LogP contribution >= 0.6 is 0 Å². The van der Waals surface area contributed by atoms with Crippen molar-refractivity contribution < 1.29 is 4.79 Å². The molecule has 20 heavy (non-hydrogen) atoms. The molecule has 0 fully saturated rings. The molecule has 0 spiro atoms. The molecule has 0 aliphatic heterocycles. The minimum atomic E-state index is -0.0340. The van der Waals surface area contributed by atoms with E-state index in [0.29, 0.717) is 12.2 Å². The highest BCUT2D eigenvalue weighted by Crippen LogP contribution is 2.13. The Balaban J connectivity index is 1.99. The number of nitrogens with one attached hydrogen (secondary N) is 2. The van der Waals surface area contributed by atoms with Gasteiger partial charge in [0.1, 0.15) is 0 Å². The number of hydrogen-bond donors (Lipinski definition) is 2. The van der Waals surface area contributed by atoms with Crippen molar-refractivity contribution in [2.24, 2.45) is 0 Å². The summed E-state index contributed by atoms with van der Waals surface area (Å²) in [4.78, 5) is 12.0. The fourth-order valence-electron chi connectivity index (χ4n) is 2.17. The van der Waals surface area contributed by atoms with Crippen molar-refractivity contribution in [2.45, 2.75) is 40.0 Å². The van der Waals surface area contributed by atoms with Gasteiger partial charge < -0.3 is 5.32 Å². The van der Waals surface area contributed by atoms with Gasteiger partial charge >= 0.3 is 0 Å². The molecule has 1 amide bonds. The molecule has 0 aliphatic carbocycles. The van der Waals surface area contributed by atoms with Crippen LogP contribution in [0.15, 0.2) is 24.3 Å². The summed E-state index contributed by atoms with van der Waals surface area (Å²) in [6.07, 6.45) is 2.38. The van der Waals surface area contributed by atoms with Crippen molar-refractivity contribution in [3.63, 3.8) is 0 Å². The van der Waals surface area contributed by atoms with E-state index >= 15 is 0 Å². The Morgan fingerprint density at radius 3 is 2.85 bits per heavy atom. The summed E-state index contributed by atoms with van der Waals surface area (Å²) >= 11 is 0. The second-order valence-electron chi connectivity index (χ2n) is 5.18. The molecule has 106 valence electrons. The van der Waals surface area contributed by atoms with Gasteiger partial charge in [-0.2, -0.15) is 5.10 Å². The maximum Gasteiger partial charge on any atom is 0.230 e. The number of aromatic nitrogens is 2. The molecule has 0 aliphatic rings. The highest BCUT2D eigenvalue weighted by molar-refractivity contribution is 5.91. The lowest BCUT2D eigenvalue weighted by molar-refractivity contribution is -0.115. The fourth-order valence-corrected chi connectivity index (χ4v) is 2.17. The normalized spacial score (nSPS) is 10.6. The van der Waals surface area contributed by atoms with Crippen LogP contribution in [-0.4, -0.2) is 16.1 Å². The third-order valence-corrected chi connectivity index (χ3v) is 3.27. The van der Waals surface area contributed by atoms with E-state index in [4.69, 9.17) is 0 Å². The number of carbonyl (C=O) groups is 1. The first-order valence-corrected chi connectivity index (χ1v) is 6.98. The largest absolute Gasteiger partial charge is 0.309 e. The van der Waals surface area contributed by atoms with Gasteiger partial charge in [0.2, 0.25) is 5.91 Å². The Hall–Kier alpha value is -2.10. The van der Waals surface area contributed by atoms with Gasteiger partial charge in [-0.25, -0.2) is 0 Å². The molecule has 0 bridgehead atoms. The smallest absolute Gasteiger partial charge is 0.230 e. The van der Waals surface area contributed by atoms with E-state index in [9.17, 15) is 4.79 Å². The summed E-state index contributed by atoms with van der Waals surface area (Å²) in [7, 11) is 0. The van der Waals surface area contributed by atoms with E-state index < -0.39 is 0 Å². The van der Waals surface area contributed by atoms with Gasteiger partial charge in [-0.15, -0.1) is 0 Å². The molecule has 4 heteroatoms. The first-order chi connectivity index (χ1) is 9.58. The Labute approximate surface area is 119 Å². The molecule has 2 N–H and O–H groups in total. The number of nitrogens with zero attached hydrogens (tertiary/aromatic N) is 1. The fraction of sp³-hybridized carbons (Fsp3) is 0.375. The number of carbonyl (C=O) groups excluding carboxylic acids is 1.